The molecule has 1 rings (SSSR count). The van der Waals surface area contributed by atoms with E-state index in [1.165, 1.54) is 4.90 Å². The molecular weight excluding hydrogens is 206 g/mol. The lowest BCUT2D eigenvalue weighted by molar-refractivity contribution is 0.0458. The lowest BCUT2D eigenvalue weighted by atomic mass is 9.94. The third kappa shape index (κ3) is 2.13. The molecule has 1 unspecified atom stereocenters. The molecule has 0 radical (unpaired) electrons. The lowest BCUT2D eigenvalue weighted by Crippen LogP contribution is -2.50. The zero-order valence-corrected chi connectivity index (χ0v) is 9.27. The molecule has 0 saturated carbocycles. The molecule has 0 aliphatic carbocycles. The van der Waals surface area contributed by atoms with E-state index in [0.29, 0.717) is 13.0 Å². The number of ether oxygens (including phenoxy) is 1. The predicted molar refractivity (Wildman–Crippen MR) is 59.4 cm³/mol. The molecule has 1 heterocycles. The summed E-state index contributed by atoms with van der Waals surface area (Å²) in [5.41, 5.74) is -1.71. The average molecular weight is 221 g/mol. The summed E-state index contributed by atoms with van der Waals surface area (Å²) >= 11 is 0. The number of hydrogen-bond donors (Lipinski definition) is 1. The van der Waals surface area contributed by atoms with Gasteiger partial charge in [0.1, 0.15) is 0 Å². The maximum absolute atomic E-state index is 11.6. The molecule has 1 fully saturated rings. The minimum atomic E-state index is -1.71. The van der Waals surface area contributed by atoms with Gasteiger partial charge in [0, 0.05) is 6.54 Å². The van der Waals surface area contributed by atoms with Gasteiger partial charge in [-0.25, -0.2) is 4.79 Å². The Hall–Kier alpha value is -1.65. The highest BCUT2D eigenvalue weighted by Gasteiger charge is 2.43. The number of likely N-dealkylation sites (tertiary alicyclic amines) is 1. The number of carbonyl (C=O) groups excluding carboxylic acids is 1. The normalized spacial score (nSPS) is 20.0. The van der Waals surface area contributed by atoms with E-state index in [9.17, 15) is 9.90 Å². The Labute approximate surface area is 95.6 Å². The second-order valence-corrected chi connectivity index (χ2v) is 3.61. The molecule has 1 N–H and O–H groups in total. The Balaban J connectivity index is 2.86. The number of carbonyl (C=O) groups is 1. The molecule has 86 valence electrons. The van der Waals surface area contributed by atoms with Crippen LogP contribution in [-0.4, -0.2) is 40.9 Å². The predicted octanol–water partition coefficient (Wildman–Crippen LogP) is 0.605. The molecule has 1 amide bonds. The van der Waals surface area contributed by atoms with Gasteiger partial charge >= 0.3 is 6.09 Å². The van der Waals surface area contributed by atoms with E-state index in [2.05, 4.69) is 11.8 Å². The van der Waals surface area contributed by atoms with Crippen molar-refractivity contribution in [2.45, 2.75) is 31.4 Å². The van der Waals surface area contributed by atoms with Crippen molar-refractivity contribution in [2.75, 3.05) is 13.2 Å². The Bertz CT molecular complexity index is 336. The molecule has 4 nitrogen and oxygen atoms in total. The minimum Gasteiger partial charge on any atom is -0.450 e. The monoisotopic (exact) mass is 221 g/mol. The smallest absolute Gasteiger partial charge is 0.410 e. The van der Waals surface area contributed by atoms with Crippen molar-refractivity contribution in [2.24, 2.45) is 0 Å². The Morgan fingerprint density at radius 1 is 1.62 bits per heavy atom. The quantitative estimate of drug-likeness (QED) is 0.695. The maximum Gasteiger partial charge on any atom is 0.410 e. The van der Waals surface area contributed by atoms with Gasteiger partial charge < -0.3 is 14.7 Å². The lowest BCUT2D eigenvalue weighted by Gasteiger charge is -2.31. The Morgan fingerprint density at radius 3 is 2.75 bits per heavy atom. The number of nitrogens with zero attached hydrogens (tertiary/aromatic N) is 1. The van der Waals surface area contributed by atoms with Crippen LogP contribution in [0, 0.1) is 24.7 Å². The van der Waals surface area contributed by atoms with E-state index < -0.39 is 17.7 Å². The van der Waals surface area contributed by atoms with Crippen LogP contribution in [0.4, 0.5) is 4.79 Å². The molecule has 1 atom stereocenters. The van der Waals surface area contributed by atoms with Crippen LogP contribution in [0.1, 0.15) is 19.8 Å². The summed E-state index contributed by atoms with van der Waals surface area (Å²) in [4.78, 5) is 13.0. The molecule has 4 heteroatoms. The number of terminal acetylenes is 2. The first kappa shape index (κ1) is 12.4. The van der Waals surface area contributed by atoms with Gasteiger partial charge in [0.15, 0.2) is 0 Å². The summed E-state index contributed by atoms with van der Waals surface area (Å²) < 4.78 is 4.88. The summed E-state index contributed by atoms with van der Waals surface area (Å²) in [6, 6.07) is -0.554. The van der Waals surface area contributed by atoms with Gasteiger partial charge in [-0.05, 0) is 19.8 Å². The number of hydrogen-bond acceptors (Lipinski definition) is 3. The van der Waals surface area contributed by atoms with Gasteiger partial charge in [0.2, 0.25) is 5.60 Å². The third-order valence-corrected chi connectivity index (χ3v) is 2.68. The number of amides is 1. The summed E-state index contributed by atoms with van der Waals surface area (Å²) in [6.45, 7) is 2.51. The fourth-order valence-electron chi connectivity index (χ4n) is 1.86. The van der Waals surface area contributed by atoms with Crippen molar-refractivity contribution in [1.29, 1.82) is 0 Å². The maximum atomic E-state index is 11.6. The van der Waals surface area contributed by atoms with Gasteiger partial charge in [-0.3, -0.25) is 0 Å². The highest BCUT2D eigenvalue weighted by molar-refractivity contribution is 5.69. The number of aliphatic hydroxyl groups is 1. The van der Waals surface area contributed by atoms with E-state index in [1.807, 2.05) is 0 Å². The fraction of sp³-hybridized carbons (Fsp3) is 0.583. The largest absolute Gasteiger partial charge is 0.450 e. The van der Waals surface area contributed by atoms with Gasteiger partial charge in [-0.2, -0.15) is 0 Å². The first-order valence-corrected chi connectivity index (χ1v) is 5.20. The van der Waals surface area contributed by atoms with Gasteiger partial charge in [0.25, 0.3) is 0 Å². The van der Waals surface area contributed by atoms with E-state index in [-0.39, 0.29) is 6.61 Å². The van der Waals surface area contributed by atoms with Gasteiger partial charge in [-0.15, -0.1) is 12.8 Å². The van der Waals surface area contributed by atoms with E-state index in [1.54, 1.807) is 6.92 Å². The fourth-order valence-corrected chi connectivity index (χ4v) is 1.86. The van der Waals surface area contributed by atoms with Crippen LogP contribution in [0.3, 0.4) is 0 Å². The molecule has 0 spiro atoms. The summed E-state index contributed by atoms with van der Waals surface area (Å²) in [6.07, 6.45) is 11.3. The SMILES string of the molecule is C#CC(O)(C#C)C1CCCN1C(=O)OCC. The second-order valence-electron chi connectivity index (χ2n) is 3.61. The zero-order chi connectivity index (χ0) is 12.2. The van der Waals surface area contributed by atoms with Crippen molar-refractivity contribution in [3.8, 4) is 24.7 Å². The van der Waals surface area contributed by atoms with Crippen molar-refractivity contribution < 1.29 is 14.6 Å². The summed E-state index contributed by atoms with van der Waals surface area (Å²) in [7, 11) is 0. The van der Waals surface area contributed by atoms with Crippen LogP contribution in [0.2, 0.25) is 0 Å². The first-order chi connectivity index (χ1) is 7.59. The third-order valence-electron chi connectivity index (χ3n) is 2.68. The van der Waals surface area contributed by atoms with Gasteiger partial charge in [-0.1, -0.05) is 11.8 Å². The molecule has 0 aromatic rings. The molecular formula is C12H15NO3. The Kier molecular flexibility index (Phi) is 3.82. The van der Waals surface area contributed by atoms with Crippen LogP contribution in [0.25, 0.3) is 0 Å². The van der Waals surface area contributed by atoms with Crippen LogP contribution in [-0.2, 0) is 4.74 Å². The van der Waals surface area contributed by atoms with Crippen molar-refractivity contribution in [1.82, 2.24) is 4.90 Å². The Morgan fingerprint density at radius 2 is 2.25 bits per heavy atom. The van der Waals surface area contributed by atoms with Crippen molar-refractivity contribution >= 4 is 6.09 Å². The minimum absolute atomic E-state index is 0.284. The van der Waals surface area contributed by atoms with E-state index in [4.69, 9.17) is 17.6 Å². The highest BCUT2D eigenvalue weighted by atomic mass is 16.6. The van der Waals surface area contributed by atoms with E-state index >= 15 is 0 Å². The van der Waals surface area contributed by atoms with Crippen LogP contribution >= 0.6 is 0 Å². The van der Waals surface area contributed by atoms with Crippen LogP contribution in [0.15, 0.2) is 0 Å². The average Bonchev–Trinajstić information content (AvgIpc) is 2.78. The second kappa shape index (κ2) is 4.92. The molecule has 1 aliphatic heterocycles. The highest BCUT2D eigenvalue weighted by Crippen LogP contribution is 2.27. The van der Waals surface area contributed by atoms with Gasteiger partial charge in [0.05, 0.1) is 12.6 Å². The molecule has 16 heavy (non-hydrogen) atoms. The molecule has 0 aromatic carbocycles. The van der Waals surface area contributed by atoms with Crippen LogP contribution in [0.5, 0.6) is 0 Å². The molecule has 0 aromatic heterocycles. The molecule has 0 bridgehead atoms. The zero-order valence-electron chi connectivity index (χ0n) is 9.27. The van der Waals surface area contributed by atoms with E-state index in [0.717, 1.165) is 6.42 Å². The molecule has 1 saturated heterocycles. The first-order valence-electron chi connectivity index (χ1n) is 5.20. The van der Waals surface area contributed by atoms with Crippen LogP contribution < -0.4 is 0 Å². The van der Waals surface area contributed by atoms with Crippen molar-refractivity contribution in [3.63, 3.8) is 0 Å². The summed E-state index contributed by atoms with van der Waals surface area (Å²) in [5.74, 6) is 4.33. The summed E-state index contributed by atoms with van der Waals surface area (Å²) in [5, 5.41) is 9.99. The topological polar surface area (TPSA) is 49.8 Å². The number of rotatable bonds is 2. The molecule has 1 aliphatic rings. The van der Waals surface area contributed by atoms with Crippen molar-refractivity contribution in [3.05, 3.63) is 0 Å². The standard InChI is InChI=1S/C12H15NO3/c1-4-12(15,5-2)10-8-7-9-13(10)11(14)16-6-3/h1-2,10,15H,6-9H2,3H3.